The molecule has 1 saturated heterocycles. The van der Waals surface area contributed by atoms with Crippen molar-refractivity contribution in [2.24, 2.45) is 0 Å². The summed E-state index contributed by atoms with van der Waals surface area (Å²) in [6.07, 6.45) is -1.38. The third-order valence-electron chi connectivity index (χ3n) is 4.82. The average molecular weight is 479 g/mol. The third kappa shape index (κ3) is 6.20. The summed E-state index contributed by atoms with van der Waals surface area (Å²) < 4.78 is 38.8. The first-order valence-electron chi connectivity index (χ1n) is 9.99. The van der Waals surface area contributed by atoms with Crippen LogP contribution >= 0.6 is 24.0 Å². The highest BCUT2D eigenvalue weighted by Crippen LogP contribution is 2.33. The van der Waals surface area contributed by atoms with Gasteiger partial charge < -0.3 is 5.32 Å². The van der Waals surface area contributed by atoms with Gasteiger partial charge in [-0.15, -0.1) is 0 Å². The van der Waals surface area contributed by atoms with Crippen molar-refractivity contribution >= 4 is 51.9 Å². The molecule has 0 bridgehead atoms. The minimum Gasteiger partial charge on any atom is -0.326 e. The standard InChI is InChI=1S/C23H21F3N2O2S2/c1-2-15-8-10-16(11-9-15)13-19-21(30)28(22(31)32-19)12-4-7-20(29)27-18-6-3-5-17(14-18)23(24,25)26/h3,5-6,8-11,13-14H,2,4,7,12H2,1H3,(H,27,29)/b19-13-. The van der Waals surface area contributed by atoms with Gasteiger partial charge >= 0.3 is 6.18 Å². The van der Waals surface area contributed by atoms with E-state index >= 15 is 0 Å². The van der Waals surface area contributed by atoms with Crippen LogP contribution in [0.5, 0.6) is 0 Å². The zero-order valence-corrected chi connectivity index (χ0v) is 18.9. The van der Waals surface area contributed by atoms with Crippen molar-refractivity contribution in [1.29, 1.82) is 0 Å². The second kappa shape index (κ2) is 10.3. The summed E-state index contributed by atoms with van der Waals surface area (Å²) in [5.41, 5.74) is 1.36. The molecule has 2 amide bonds. The predicted octanol–water partition coefficient (Wildman–Crippen LogP) is 5.89. The summed E-state index contributed by atoms with van der Waals surface area (Å²) >= 11 is 6.52. The van der Waals surface area contributed by atoms with Gasteiger partial charge in [0.1, 0.15) is 4.32 Å². The molecular formula is C23H21F3N2O2S2. The van der Waals surface area contributed by atoms with Gasteiger partial charge in [0.25, 0.3) is 5.91 Å². The van der Waals surface area contributed by atoms with E-state index in [0.717, 1.165) is 24.1 Å². The van der Waals surface area contributed by atoms with Crippen molar-refractivity contribution in [3.63, 3.8) is 0 Å². The van der Waals surface area contributed by atoms with E-state index in [0.29, 0.717) is 15.6 Å². The van der Waals surface area contributed by atoms with E-state index in [2.05, 4.69) is 12.2 Å². The van der Waals surface area contributed by atoms with Crippen LogP contribution in [0.3, 0.4) is 0 Å². The maximum atomic E-state index is 12.8. The Balaban J connectivity index is 1.53. The number of thiocarbonyl (C=S) groups is 1. The first-order valence-corrected chi connectivity index (χ1v) is 11.2. The van der Waals surface area contributed by atoms with Crippen LogP contribution in [0, 0.1) is 0 Å². The molecule has 0 atom stereocenters. The second-order valence-electron chi connectivity index (χ2n) is 7.16. The van der Waals surface area contributed by atoms with Crippen LogP contribution in [0.4, 0.5) is 18.9 Å². The maximum Gasteiger partial charge on any atom is 0.416 e. The normalized spacial score (nSPS) is 15.5. The number of thioether (sulfide) groups is 1. The summed E-state index contributed by atoms with van der Waals surface area (Å²) in [6, 6.07) is 12.4. The van der Waals surface area contributed by atoms with Crippen molar-refractivity contribution in [1.82, 2.24) is 4.90 Å². The van der Waals surface area contributed by atoms with Crippen LogP contribution in [0.25, 0.3) is 6.08 Å². The largest absolute Gasteiger partial charge is 0.416 e. The lowest BCUT2D eigenvalue weighted by atomic mass is 10.1. The first-order chi connectivity index (χ1) is 15.2. The first kappa shape index (κ1) is 24.0. The molecular weight excluding hydrogens is 457 g/mol. The van der Waals surface area contributed by atoms with Gasteiger partial charge in [-0.1, -0.05) is 61.2 Å². The minimum atomic E-state index is -4.48. The van der Waals surface area contributed by atoms with Gasteiger partial charge in [-0.25, -0.2) is 0 Å². The van der Waals surface area contributed by atoms with E-state index in [1.54, 1.807) is 6.08 Å². The summed E-state index contributed by atoms with van der Waals surface area (Å²) in [7, 11) is 0. The number of aryl methyl sites for hydroxylation is 1. The lowest BCUT2D eigenvalue weighted by Gasteiger charge is -2.14. The van der Waals surface area contributed by atoms with E-state index in [1.807, 2.05) is 24.3 Å². The number of hydrogen-bond donors (Lipinski definition) is 1. The van der Waals surface area contributed by atoms with E-state index in [4.69, 9.17) is 12.2 Å². The Morgan fingerprint density at radius 2 is 1.91 bits per heavy atom. The predicted molar refractivity (Wildman–Crippen MR) is 125 cm³/mol. The number of alkyl halides is 3. The molecule has 1 aliphatic rings. The van der Waals surface area contributed by atoms with Gasteiger partial charge in [0.15, 0.2) is 0 Å². The van der Waals surface area contributed by atoms with E-state index in [1.165, 1.54) is 34.4 Å². The highest BCUT2D eigenvalue weighted by atomic mass is 32.2. The molecule has 1 aliphatic heterocycles. The number of benzene rings is 2. The van der Waals surface area contributed by atoms with Gasteiger partial charge in [-0.3, -0.25) is 14.5 Å². The number of amides is 2. The number of rotatable bonds is 7. The fourth-order valence-corrected chi connectivity index (χ4v) is 4.40. The Bertz CT molecular complexity index is 1050. The van der Waals surface area contributed by atoms with Crippen molar-refractivity contribution in [3.8, 4) is 0 Å². The van der Waals surface area contributed by atoms with Gasteiger partial charge in [0.2, 0.25) is 5.91 Å². The van der Waals surface area contributed by atoms with Crippen LogP contribution in [-0.4, -0.2) is 27.6 Å². The second-order valence-corrected chi connectivity index (χ2v) is 8.83. The van der Waals surface area contributed by atoms with Gasteiger partial charge in [-0.2, -0.15) is 13.2 Å². The number of hydrogen-bond acceptors (Lipinski definition) is 4. The smallest absolute Gasteiger partial charge is 0.326 e. The molecule has 4 nitrogen and oxygen atoms in total. The van der Waals surface area contributed by atoms with Crippen molar-refractivity contribution in [2.45, 2.75) is 32.4 Å². The number of carbonyl (C=O) groups is 2. The fraction of sp³-hybridized carbons (Fsp3) is 0.261. The molecule has 3 rings (SSSR count). The van der Waals surface area contributed by atoms with Gasteiger partial charge in [0, 0.05) is 18.7 Å². The Morgan fingerprint density at radius 1 is 1.19 bits per heavy atom. The van der Waals surface area contributed by atoms with Crippen LogP contribution < -0.4 is 5.32 Å². The molecule has 0 aromatic heterocycles. The van der Waals surface area contributed by atoms with E-state index in [9.17, 15) is 22.8 Å². The topological polar surface area (TPSA) is 49.4 Å². The zero-order chi connectivity index (χ0) is 23.3. The van der Waals surface area contributed by atoms with Crippen molar-refractivity contribution < 1.29 is 22.8 Å². The molecule has 2 aromatic rings. The molecule has 1 N–H and O–H groups in total. The SMILES string of the molecule is CCc1ccc(/C=C2\SC(=S)N(CCCC(=O)Nc3cccc(C(F)(F)F)c3)C2=O)cc1. The van der Waals surface area contributed by atoms with Gasteiger partial charge in [0.05, 0.1) is 10.5 Å². The van der Waals surface area contributed by atoms with Crippen LogP contribution in [0.2, 0.25) is 0 Å². The number of anilines is 1. The van der Waals surface area contributed by atoms with Crippen molar-refractivity contribution in [2.75, 3.05) is 11.9 Å². The number of nitrogens with zero attached hydrogens (tertiary/aromatic N) is 1. The summed E-state index contributed by atoms with van der Waals surface area (Å²) in [5, 5.41) is 2.46. The van der Waals surface area contributed by atoms with Crippen molar-refractivity contribution in [3.05, 3.63) is 70.1 Å². The molecule has 0 unspecified atom stereocenters. The molecule has 168 valence electrons. The number of carbonyl (C=O) groups excluding carboxylic acids is 2. The molecule has 0 radical (unpaired) electrons. The summed E-state index contributed by atoms with van der Waals surface area (Å²) in [6.45, 7) is 2.33. The molecule has 1 heterocycles. The lowest BCUT2D eigenvalue weighted by Crippen LogP contribution is -2.29. The van der Waals surface area contributed by atoms with E-state index < -0.39 is 17.6 Å². The molecule has 2 aromatic carbocycles. The average Bonchev–Trinajstić information content (AvgIpc) is 3.01. The quantitative estimate of drug-likeness (QED) is 0.398. The van der Waals surface area contributed by atoms with Crippen LogP contribution in [0.15, 0.2) is 53.4 Å². The lowest BCUT2D eigenvalue weighted by molar-refractivity contribution is -0.137. The maximum absolute atomic E-state index is 12.8. The molecule has 0 spiro atoms. The summed E-state index contributed by atoms with van der Waals surface area (Å²) in [5.74, 6) is -0.640. The fourth-order valence-electron chi connectivity index (χ4n) is 3.09. The number of halogens is 3. The number of nitrogens with one attached hydrogen (secondary N) is 1. The minimum absolute atomic E-state index is 0.0465. The van der Waals surface area contributed by atoms with Crippen LogP contribution in [0.1, 0.15) is 36.5 Å². The Labute approximate surface area is 193 Å². The molecule has 9 heteroatoms. The summed E-state index contributed by atoms with van der Waals surface area (Å²) in [4.78, 5) is 26.8. The monoisotopic (exact) mass is 478 g/mol. The highest BCUT2D eigenvalue weighted by molar-refractivity contribution is 8.26. The van der Waals surface area contributed by atoms with Crippen LogP contribution in [-0.2, 0) is 22.2 Å². The molecule has 0 saturated carbocycles. The Morgan fingerprint density at radius 3 is 2.56 bits per heavy atom. The van der Waals surface area contributed by atoms with E-state index in [-0.39, 0.29) is 24.6 Å². The Kier molecular flexibility index (Phi) is 7.73. The molecule has 32 heavy (non-hydrogen) atoms. The molecule has 0 aliphatic carbocycles. The third-order valence-corrected chi connectivity index (χ3v) is 6.20. The molecule has 1 fully saturated rings. The Hall–Kier alpha value is -2.65. The highest BCUT2D eigenvalue weighted by Gasteiger charge is 2.32. The zero-order valence-electron chi connectivity index (χ0n) is 17.2. The van der Waals surface area contributed by atoms with Gasteiger partial charge in [-0.05, 0) is 48.2 Å².